The molecular weight excluding hydrogens is 496 g/mol. The summed E-state index contributed by atoms with van der Waals surface area (Å²) in [6, 6.07) is 16.9. The second-order valence-electron chi connectivity index (χ2n) is 8.02. The Balaban J connectivity index is 2.00. The van der Waals surface area contributed by atoms with E-state index < -0.39 is 23.5 Å². The lowest BCUT2D eigenvalue weighted by Crippen LogP contribution is -2.29. The van der Waals surface area contributed by atoms with E-state index >= 15 is 0 Å². The zero-order valence-corrected chi connectivity index (χ0v) is 21.1. The monoisotopic (exact) mass is 518 g/mol. The maximum absolute atomic E-state index is 13.4. The van der Waals surface area contributed by atoms with Gasteiger partial charge in [0.1, 0.15) is 11.5 Å². The fraction of sp³-hybridized carbons (Fsp3) is 0.179. The number of halogens is 1. The third kappa shape index (κ3) is 4.69. The number of methoxy groups -OCH3 is 2. The summed E-state index contributed by atoms with van der Waals surface area (Å²) in [5, 5.41) is 20.9. The molecule has 1 amide bonds. The summed E-state index contributed by atoms with van der Waals surface area (Å²) in [5.41, 5.74) is 1.27. The van der Waals surface area contributed by atoms with Crippen molar-refractivity contribution >= 4 is 34.7 Å². The van der Waals surface area contributed by atoms with Gasteiger partial charge in [0.2, 0.25) is 0 Å². The van der Waals surface area contributed by atoms with E-state index in [2.05, 4.69) is 0 Å². The molecule has 3 aromatic rings. The van der Waals surface area contributed by atoms with Crippen molar-refractivity contribution < 1.29 is 28.9 Å². The van der Waals surface area contributed by atoms with E-state index in [1.165, 1.54) is 25.2 Å². The van der Waals surface area contributed by atoms with E-state index in [0.717, 1.165) is 0 Å². The number of carbonyl (C=O) groups is 2. The van der Waals surface area contributed by atoms with Crippen molar-refractivity contribution in [3.8, 4) is 23.3 Å². The van der Waals surface area contributed by atoms with Crippen LogP contribution in [-0.4, -0.2) is 37.6 Å². The summed E-state index contributed by atoms with van der Waals surface area (Å²) in [6.07, 6.45) is 0. The number of hydrogen-bond acceptors (Lipinski definition) is 7. The summed E-state index contributed by atoms with van der Waals surface area (Å²) in [5.74, 6) is -1.01. The van der Waals surface area contributed by atoms with E-state index in [9.17, 15) is 20.0 Å². The summed E-state index contributed by atoms with van der Waals surface area (Å²) in [6.45, 7) is 2.18. The fourth-order valence-corrected chi connectivity index (χ4v) is 4.42. The van der Waals surface area contributed by atoms with Crippen LogP contribution in [0.15, 0.2) is 66.2 Å². The Morgan fingerprint density at radius 3 is 2.30 bits per heavy atom. The molecule has 37 heavy (non-hydrogen) atoms. The second-order valence-corrected chi connectivity index (χ2v) is 8.45. The van der Waals surface area contributed by atoms with Gasteiger partial charge in [-0.25, -0.2) is 0 Å². The third-order valence-corrected chi connectivity index (χ3v) is 6.17. The molecule has 1 aliphatic rings. The lowest BCUT2D eigenvalue weighted by Gasteiger charge is -2.26. The predicted octanol–water partition coefficient (Wildman–Crippen LogP) is 5.25. The van der Waals surface area contributed by atoms with Gasteiger partial charge in [-0.15, -0.1) is 0 Å². The highest BCUT2D eigenvalue weighted by molar-refractivity contribution is 6.51. The molecule has 8 nitrogen and oxygen atoms in total. The maximum Gasteiger partial charge on any atom is 0.300 e. The van der Waals surface area contributed by atoms with Crippen LogP contribution in [0.5, 0.6) is 17.2 Å². The molecule has 1 fully saturated rings. The number of aliphatic hydroxyl groups is 1. The lowest BCUT2D eigenvalue weighted by molar-refractivity contribution is -0.132. The number of aliphatic hydroxyl groups excluding tert-OH is 1. The number of nitrogens with zero attached hydrogens (tertiary/aromatic N) is 2. The minimum Gasteiger partial charge on any atom is -0.507 e. The second kappa shape index (κ2) is 10.6. The molecule has 188 valence electrons. The highest BCUT2D eigenvalue weighted by Crippen LogP contribution is 2.45. The lowest BCUT2D eigenvalue weighted by atomic mass is 9.94. The molecule has 0 spiro atoms. The first-order valence-corrected chi connectivity index (χ1v) is 11.7. The Morgan fingerprint density at radius 2 is 1.68 bits per heavy atom. The van der Waals surface area contributed by atoms with Crippen molar-refractivity contribution in [1.29, 1.82) is 5.26 Å². The molecule has 1 heterocycles. The first-order chi connectivity index (χ1) is 17.8. The topological polar surface area (TPSA) is 109 Å². The number of amides is 1. The Hall–Kier alpha value is -4.48. The van der Waals surface area contributed by atoms with Gasteiger partial charge in [-0.05, 0) is 67.1 Å². The molecule has 1 aliphatic heterocycles. The first kappa shape index (κ1) is 25.6. The van der Waals surface area contributed by atoms with Crippen LogP contribution in [-0.2, 0) is 9.59 Å². The Bertz CT molecular complexity index is 1440. The number of rotatable bonds is 7. The highest BCUT2D eigenvalue weighted by atomic mass is 35.5. The van der Waals surface area contributed by atoms with Gasteiger partial charge in [-0.1, -0.05) is 17.7 Å². The molecule has 0 bridgehead atoms. The van der Waals surface area contributed by atoms with Gasteiger partial charge in [0, 0.05) is 10.7 Å². The molecule has 0 aromatic heterocycles. The van der Waals surface area contributed by atoms with Gasteiger partial charge in [0.15, 0.2) is 11.5 Å². The zero-order valence-electron chi connectivity index (χ0n) is 20.3. The van der Waals surface area contributed by atoms with Crippen LogP contribution in [0.1, 0.15) is 29.7 Å². The Labute approximate surface area is 218 Å². The zero-order chi connectivity index (χ0) is 26.7. The molecule has 0 aliphatic carbocycles. The van der Waals surface area contributed by atoms with E-state index in [-0.39, 0.29) is 16.9 Å². The fourth-order valence-electron chi connectivity index (χ4n) is 4.25. The van der Waals surface area contributed by atoms with Crippen LogP contribution in [0.25, 0.3) is 5.76 Å². The number of Topliss-reactive ketones (excluding diaryl/α,β-unsaturated/α-hetero) is 1. The van der Waals surface area contributed by atoms with Crippen LogP contribution in [0.3, 0.4) is 0 Å². The van der Waals surface area contributed by atoms with Crippen LogP contribution >= 0.6 is 11.6 Å². The van der Waals surface area contributed by atoms with Crippen molar-refractivity contribution in [3.63, 3.8) is 0 Å². The van der Waals surface area contributed by atoms with Gasteiger partial charge in [-0.3, -0.25) is 14.5 Å². The molecule has 1 atom stereocenters. The van der Waals surface area contributed by atoms with E-state index in [0.29, 0.717) is 39.9 Å². The van der Waals surface area contributed by atoms with Gasteiger partial charge in [0.25, 0.3) is 11.7 Å². The smallest absolute Gasteiger partial charge is 0.300 e. The van der Waals surface area contributed by atoms with Crippen LogP contribution in [0.2, 0.25) is 5.02 Å². The van der Waals surface area contributed by atoms with Gasteiger partial charge in [-0.2, -0.15) is 5.26 Å². The number of nitriles is 1. The number of carbonyl (C=O) groups excluding carboxylic acids is 2. The summed E-state index contributed by atoms with van der Waals surface area (Å²) >= 11 is 6.18. The maximum atomic E-state index is 13.4. The molecule has 3 aromatic carbocycles. The van der Waals surface area contributed by atoms with E-state index in [1.54, 1.807) is 54.6 Å². The standard InChI is InChI=1S/C28H23ClN2O6/c1-4-37-23-13-17(7-11-22(23)36-3)25-24(26(32)20-14-18(29)8-12-21(20)35-2)27(33)28(34)31(25)19-9-5-16(15-30)6-10-19/h5-14,25,32H,4H2,1-3H3/b26-24+. The number of hydrogen-bond donors (Lipinski definition) is 1. The minimum atomic E-state index is -1.03. The molecule has 0 radical (unpaired) electrons. The SMILES string of the molecule is CCOc1cc(C2/C(=C(\O)c3cc(Cl)ccc3OC)C(=O)C(=O)N2c2ccc(C#N)cc2)ccc1OC. The van der Waals surface area contributed by atoms with Crippen LogP contribution in [0, 0.1) is 11.3 Å². The van der Waals surface area contributed by atoms with E-state index in [1.807, 2.05) is 13.0 Å². The normalized spacial score (nSPS) is 16.4. The predicted molar refractivity (Wildman–Crippen MR) is 138 cm³/mol. The minimum absolute atomic E-state index is 0.150. The highest BCUT2D eigenvalue weighted by Gasteiger charge is 2.47. The number of ketones is 1. The largest absolute Gasteiger partial charge is 0.507 e. The average molecular weight is 519 g/mol. The van der Waals surface area contributed by atoms with Crippen molar-refractivity contribution in [1.82, 2.24) is 0 Å². The van der Waals surface area contributed by atoms with Crippen LogP contribution in [0.4, 0.5) is 5.69 Å². The van der Waals surface area contributed by atoms with Crippen molar-refractivity contribution in [2.45, 2.75) is 13.0 Å². The Kier molecular flexibility index (Phi) is 7.37. The number of ether oxygens (including phenoxy) is 3. The molecular formula is C28H23ClN2O6. The molecule has 1 unspecified atom stereocenters. The molecule has 1 N–H and O–H groups in total. The molecule has 4 rings (SSSR count). The summed E-state index contributed by atoms with van der Waals surface area (Å²) < 4.78 is 16.5. The van der Waals surface area contributed by atoms with Gasteiger partial charge in [0.05, 0.1) is 49.6 Å². The van der Waals surface area contributed by atoms with Crippen molar-refractivity contribution in [2.75, 3.05) is 25.7 Å². The third-order valence-electron chi connectivity index (χ3n) is 5.94. The summed E-state index contributed by atoms with van der Waals surface area (Å²) in [7, 11) is 2.93. The average Bonchev–Trinajstić information content (AvgIpc) is 3.18. The van der Waals surface area contributed by atoms with Gasteiger partial charge < -0.3 is 19.3 Å². The van der Waals surface area contributed by atoms with Gasteiger partial charge >= 0.3 is 0 Å². The van der Waals surface area contributed by atoms with Crippen LogP contribution < -0.4 is 19.1 Å². The molecule has 9 heteroatoms. The van der Waals surface area contributed by atoms with Crippen molar-refractivity contribution in [2.24, 2.45) is 0 Å². The number of benzene rings is 3. The molecule has 1 saturated heterocycles. The first-order valence-electron chi connectivity index (χ1n) is 11.3. The summed E-state index contributed by atoms with van der Waals surface area (Å²) in [4.78, 5) is 28.1. The molecule has 0 saturated carbocycles. The van der Waals surface area contributed by atoms with E-state index in [4.69, 9.17) is 25.8 Å². The van der Waals surface area contributed by atoms with Crippen molar-refractivity contribution in [3.05, 3.63) is 87.9 Å². The number of anilines is 1. The quantitative estimate of drug-likeness (QED) is 0.258. The Morgan fingerprint density at radius 1 is 1.00 bits per heavy atom.